The maximum atomic E-state index is 12.5. The maximum absolute atomic E-state index is 12.5. The third-order valence-corrected chi connectivity index (χ3v) is 4.48. The lowest BCUT2D eigenvalue weighted by Crippen LogP contribution is -2.36. The topological polar surface area (TPSA) is 73.9 Å². The van der Waals surface area contributed by atoms with Gasteiger partial charge in [0.15, 0.2) is 0 Å². The summed E-state index contributed by atoms with van der Waals surface area (Å²) in [6.07, 6.45) is 2.10. The van der Waals surface area contributed by atoms with Crippen molar-refractivity contribution in [2.45, 2.75) is 31.0 Å². The van der Waals surface area contributed by atoms with Crippen molar-refractivity contribution in [2.75, 3.05) is 0 Å². The van der Waals surface area contributed by atoms with Gasteiger partial charge in [0.05, 0.1) is 11.0 Å². The van der Waals surface area contributed by atoms with Gasteiger partial charge in [-0.3, -0.25) is 0 Å². The maximum Gasteiger partial charge on any atom is 0.573 e. The summed E-state index contributed by atoms with van der Waals surface area (Å²) in [7, 11) is 0. The summed E-state index contributed by atoms with van der Waals surface area (Å²) in [5.41, 5.74) is 0.655. The number of hydrogen-bond donors (Lipinski definition) is 0. The lowest BCUT2D eigenvalue weighted by atomic mass is 9.64. The van der Waals surface area contributed by atoms with Crippen LogP contribution in [0.4, 0.5) is 13.2 Å². The molecule has 0 unspecified atom stereocenters. The average molecular weight is 362 g/mol. The number of rotatable bonds is 4. The molecule has 1 aromatic carbocycles. The van der Waals surface area contributed by atoms with E-state index in [4.69, 9.17) is 4.52 Å². The fourth-order valence-corrected chi connectivity index (χ4v) is 3.10. The minimum Gasteiger partial charge on any atom is -0.406 e. The van der Waals surface area contributed by atoms with E-state index in [2.05, 4.69) is 24.8 Å². The number of hydrogen-bond acceptors (Lipinski definition) is 6. The predicted molar refractivity (Wildman–Crippen MR) is 83.1 cm³/mol. The van der Waals surface area contributed by atoms with Crippen LogP contribution in [0, 0.1) is 0 Å². The largest absolute Gasteiger partial charge is 0.573 e. The molecular weight excluding hydrogens is 349 g/mol. The van der Waals surface area contributed by atoms with Crippen molar-refractivity contribution in [1.82, 2.24) is 20.1 Å². The van der Waals surface area contributed by atoms with Crippen molar-refractivity contribution >= 4 is 0 Å². The van der Waals surface area contributed by atoms with E-state index in [9.17, 15) is 13.2 Å². The van der Waals surface area contributed by atoms with Crippen LogP contribution in [0.15, 0.2) is 47.5 Å². The van der Waals surface area contributed by atoms with E-state index < -0.39 is 11.8 Å². The molecule has 1 saturated carbocycles. The molecule has 3 aromatic rings. The van der Waals surface area contributed by atoms with Crippen LogP contribution in [0.1, 0.15) is 30.7 Å². The van der Waals surface area contributed by atoms with Gasteiger partial charge in [0.1, 0.15) is 12.1 Å². The van der Waals surface area contributed by atoms with E-state index in [1.54, 1.807) is 18.5 Å². The van der Waals surface area contributed by atoms with Crippen LogP contribution in [0.5, 0.6) is 5.75 Å². The zero-order valence-electron chi connectivity index (χ0n) is 13.4. The van der Waals surface area contributed by atoms with Crippen molar-refractivity contribution in [3.05, 3.63) is 54.4 Å². The van der Waals surface area contributed by atoms with Gasteiger partial charge in [0, 0.05) is 12.4 Å². The van der Waals surface area contributed by atoms with Gasteiger partial charge < -0.3 is 9.26 Å². The van der Waals surface area contributed by atoms with E-state index >= 15 is 0 Å². The Bertz CT molecular complexity index is 908. The van der Waals surface area contributed by atoms with Crippen LogP contribution in [-0.4, -0.2) is 26.5 Å². The Morgan fingerprint density at radius 2 is 1.88 bits per heavy atom. The van der Waals surface area contributed by atoms with Gasteiger partial charge in [-0.25, -0.2) is 9.97 Å². The molecule has 6 nitrogen and oxygen atoms in total. The molecule has 2 heterocycles. The third-order valence-electron chi connectivity index (χ3n) is 4.48. The molecule has 0 saturated heterocycles. The summed E-state index contributed by atoms with van der Waals surface area (Å²) in [5.74, 6) is 0.443. The van der Waals surface area contributed by atoms with Gasteiger partial charge in [-0.2, -0.15) is 4.98 Å². The van der Waals surface area contributed by atoms with Crippen molar-refractivity contribution in [3.63, 3.8) is 0 Å². The number of alkyl halides is 3. The molecule has 1 aliphatic rings. The van der Waals surface area contributed by atoms with Crippen LogP contribution >= 0.6 is 0 Å². The molecule has 0 radical (unpaired) electrons. The summed E-state index contributed by atoms with van der Waals surface area (Å²) in [4.78, 5) is 12.3. The Balaban J connectivity index is 1.69. The number of benzene rings is 1. The Labute approximate surface area is 146 Å². The van der Waals surface area contributed by atoms with Crippen LogP contribution < -0.4 is 4.74 Å². The fourth-order valence-electron chi connectivity index (χ4n) is 3.10. The lowest BCUT2D eigenvalue weighted by molar-refractivity contribution is -0.274. The molecule has 1 fully saturated rings. The number of aromatic nitrogens is 4. The summed E-state index contributed by atoms with van der Waals surface area (Å²) in [6.45, 7) is 0. The molecule has 134 valence electrons. The van der Waals surface area contributed by atoms with Gasteiger partial charge in [-0.15, -0.1) is 13.2 Å². The number of ether oxygens (including phenoxy) is 1. The zero-order chi connectivity index (χ0) is 18.2. The van der Waals surface area contributed by atoms with E-state index in [0.29, 0.717) is 35.7 Å². The average Bonchev–Trinajstić information content (AvgIpc) is 3.04. The van der Waals surface area contributed by atoms with Gasteiger partial charge >= 0.3 is 6.36 Å². The first-order chi connectivity index (χ1) is 12.5. The number of nitrogens with zero attached hydrogens (tertiary/aromatic N) is 4. The Hall–Kier alpha value is -2.97. The zero-order valence-corrected chi connectivity index (χ0v) is 13.4. The van der Waals surface area contributed by atoms with Gasteiger partial charge in [-0.1, -0.05) is 23.7 Å². The molecule has 0 N–H and O–H groups in total. The first-order valence-corrected chi connectivity index (χ1v) is 7.92. The summed E-state index contributed by atoms with van der Waals surface area (Å²) < 4.78 is 47.0. The van der Waals surface area contributed by atoms with Gasteiger partial charge in [0.2, 0.25) is 11.7 Å². The molecule has 26 heavy (non-hydrogen) atoms. The first kappa shape index (κ1) is 16.5. The van der Waals surface area contributed by atoms with Gasteiger partial charge in [0.25, 0.3) is 0 Å². The third kappa shape index (κ3) is 3.00. The van der Waals surface area contributed by atoms with Crippen LogP contribution in [0.25, 0.3) is 11.4 Å². The van der Waals surface area contributed by atoms with E-state index in [0.717, 1.165) is 6.42 Å². The molecule has 0 spiro atoms. The molecule has 0 aliphatic heterocycles. The van der Waals surface area contributed by atoms with E-state index in [1.165, 1.54) is 24.5 Å². The second-order valence-corrected chi connectivity index (χ2v) is 6.06. The minimum absolute atomic E-state index is 0.266. The monoisotopic (exact) mass is 362 g/mol. The Morgan fingerprint density at radius 1 is 1.12 bits per heavy atom. The highest BCUT2D eigenvalue weighted by atomic mass is 19.4. The van der Waals surface area contributed by atoms with E-state index in [-0.39, 0.29) is 5.75 Å². The lowest BCUT2D eigenvalue weighted by Gasteiger charge is -2.39. The summed E-state index contributed by atoms with van der Waals surface area (Å²) in [5, 5.41) is 3.96. The van der Waals surface area contributed by atoms with Gasteiger partial charge in [-0.05, 0) is 30.5 Å². The standard InChI is InChI=1S/C17H13F3N4O2/c18-17(19,20)25-13-4-1-3-12(7-13)16(5-2-6-16)15-23-14(24-26-15)11-8-21-10-22-9-11/h1,3-4,7-10H,2,5-6H2. The molecule has 1 aliphatic carbocycles. The molecule has 4 rings (SSSR count). The van der Waals surface area contributed by atoms with Crippen LogP contribution in [0.2, 0.25) is 0 Å². The van der Waals surface area contributed by atoms with Crippen molar-refractivity contribution in [3.8, 4) is 17.1 Å². The normalized spacial score (nSPS) is 16.1. The molecule has 0 atom stereocenters. The van der Waals surface area contributed by atoms with Crippen LogP contribution in [0.3, 0.4) is 0 Å². The highest BCUT2D eigenvalue weighted by Crippen LogP contribution is 2.49. The molecule has 2 aromatic heterocycles. The molecule has 0 amide bonds. The summed E-state index contributed by atoms with van der Waals surface area (Å²) in [6, 6.07) is 5.92. The summed E-state index contributed by atoms with van der Waals surface area (Å²) >= 11 is 0. The molecule has 9 heteroatoms. The van der Waals surface area contributed by atoms with Crippen LogP contribution in [-0.2, 0) is 5.41 Å². The highest BCUT2D eigenvalue weighted by molar-refractivity contribution is 5.51. The predicted octanol–water partition coefficient (Wildman–Crippen LogP) is 3.90. The SMILES string of the molecule is FC(F)(F)Oc1cccc(C2(c3nc(-c4cncnc4)no3)CCC2)c1. The fraction of sp³-hybridized carbons (Fsp3) is 0.294. The van der Waals surface area contributed by atoms with Crippen molar-refractivity contribution < 1.29 is 22.4 Å². The van der Waals surface area contributed by atoms with E-state index in [1.807, 2.05) is 0 Å². The second kappa shape index (κ2) is 6.08. The van der Waals surface area contributed by atoms with Crippen molar-refractivity contribution in [1.29, 1.82) is 0 Å². The Kier molecular flexibility index (Phi) is 3.86. The first-order valence-electron chi connectivity index (χ1n) is 7.92. The number of halogens is 3. The minimum atomic E-state index is -4.74. The second-order valence-electron chi connectivity index (χ2n) is 6.06. The highest BCUT2D eigenvalue weighted by Gasteiger charge is 2.46. The molecular formula is C17H13F3N4O2. The smallest absolute Gasteiger partial charge is 0.406 e. The Morgan fingerprint density at radius 3 is 2.54 bits per heavy atom. The van der Waals surface area contributed by atoms with Crippen molar-refractivity contribution in [2.24, 2.45) is 0 Å². The quantitative estimate of drug-likeness (QED) is 0.701. The molecule has 0 bridgehead atoms.